The molecular formula is C23H22FN3O3. The highest BCUT2D eigenvalue weighted by atomic mass is 19.1. The molecule has 1 aliphatic carbocycles. The van der Waals surface area contributed by atoms with E-state index in [0.717, 1.165) is 12.0 Å². The lowest BCUT2D eigenvalue weighted by Gasteiger charge is -2.39. The number of aryl methyl sites for hydroxylation is 1. The van der Waals surface area contributed by atoms with Gasteiger partial charge in [0.05, 0.1) is 16.8 Å². The number of nitrogens with one attached hydrogen (secondary N) is 1. The second-order valence-corrected chi connectivity index (χ2v) is 7.49. The topological polar surface area (TPSA) is 73.2 Å². The molecule has 30 heavy (non-hydrogen) atoms. The lowest BCUT2D eigenvalue weighted by Crippen LogP contribution is -2.44. The summed E-state index contributed by atoms with van der Waals surface area (Å²) in [6, 6.07) is 17.0. The first-order valence-electron chi connectivity index (χ1n) is 9.83. The number of carbonyl (C=O) groups is 2. The van der Waals surface area contributed by atoms with Crippen LogP contribution in [0, 0.1) is 12.7 Å². The fourth-order valence-electron chi connectivity index (χ4n) is 3.71. The average molecular weight is 407 g/mol. The van der Waals surface area contributed by atoms with Gasteiger partial charge in [-0.25, -0.2) is 9.07 Å². The zero-order valence-corrected chi connectivity index (χ0v) is 16.6. The quantitative estimate of drug-likeness (QED) is 0.629. The summed E-state index contributed by atoms with van der Waals surface area (Å²) in [6.07, 6.45) is 2.38. The van der Waals surface area contributed by atoms with E-state index in [1.54, 1.807) is 25.1 Å². The van der Waals surface area contributed by atoms with Gasteiger partial charge in [0.15, 0.2) is 6.61 Å². The molecule has 2 aromatic carbocycles. The molecule has 6 nitrogen and oxygen atoms in total. The summed E-state index contributed by atoms with van der Waals surface area (Å²) in [7, 11) is 0. The number of aromatic nitrogens is 2. The third kappa shape index (κ3) is 3.83. The highest BCUT2D eigenvalue weighted by molar-refractivity contribution is 5.93. The molecule has 1 fully saturated rings. The number of rotatable bonds is 6. The van der Waals surface area contributed by atoms with Crippen LogP contribution in [0.4, 0.5) is 10.2 Å². The van der Waals surface area contributed by atoms with E-state index in [1.165, 1.54) is 16.8 Å². The van der Waals surface area contributed by atoms with Crippen molar-refractivity contribution in [2.75, 3.05) is 11.9 Å². The minimum atomic E-state index is -0.659. The Hall–Kier alpha value is -3.48. The number of nitrogens with zero attached hydrogens (tertiary/aromatic N) is 2. The van der Waals surface area contributed by atoms with Crippen LogP contribution in [0.25, 0.3) is 5.69 Å². The van der Waals surface area contributed by atoms with Crippen molar-refractivity contribution in [3.05, 3.63) is 77.7 Å². The van der Waals surface area contributed by atoms with Gasteiger partial charge < -0.3 is 10.1 Å². The number of hydrogen-bond donors (Lipinski definition) is 1. The van der Waals surface area contributed by atoms with Crippen molar-refractivity contribution in [2.24, 2.45) is 0 Å². The van der Waals surface area contributed by atoms with Crippen LogP contribution in [0.2, 0.25) is 0 Å². The maximum absolute atomic E-state index is 13.2. The minimum absolute atomic E-state index is 0.358. The molecule has 0 spiro atoms. The van der Waals surface area contributed by atoms with Crippen molar-refractivity contribution in [1.82, 2.24) is 9.78 Å². The van der Waals surface area contributed by atoms with Crippen LogP contribution >= 0.6 is 0 Å². The maximum atomic E-state index is 13.2. The third-order valence-electron chi connectivity index (χ3n) is 5.43. The molecule has 1 aliphatic rings. The fourth-order valence-corrected chi connectivity index (χ4v) is 3.71. The van der Waals surface area contributed by atoms with Crippen LogP contribution in [-0.4, -0.2) is 28.3 Å². The molecule has 0 bridgehead atoms. The van der Waals surface area contributed by atoms with Gasteiger partial charge in [-0.2, -0.15) is 5.10 Å². The molecule has 1 N–H and O–H groups in total. The van der Waals surface area contributed by atoms with Crippen LogP contribution < -0.4 is 5.32 Å². The highest BCUT2D eigenvalue weighted by Gasteiger charge is 2.47. The Morgan fingerprint density at radius 1 is 1.13 bits per heavy atom. The molecule has 3 aromatic rings. The molecule has 154 valence electrons. The Bertz CT molecular complexity index is 1060. The molecule has 7 heteroatoms. The molecule has 0 saturated heterocycles. The first-order valence-corrected chi connectivity index (χ1v) is 9.83. The van der Waals surface area contributed by atoms with Crippen LogP contribution in [0.1, 0.15) is 30.5 Å². The Morgan fingerprint density at radius 2 is 1.83 bits per heavy atom. The number of ether oxygens (including phenoxy) is 1. The summed E-state index contributed by atoms with van der Waals surface area (Å²) in [4.78, 5) is 25.2. The molecule has 4 rings (SSSR count). The molecular weight excluding hydrogens is 385 g/mol. The average Bonchev–Trinajstić information content (AvgIpc) is 3.07. The maximum Gasteiger partial charge on any atom is 0.317 e. The van der Waals surface area contributed by atoms with Crippen LogP contribution in [0.15, 0.2) is 60.7 Å². The third-order valence-corrected chi connectivity index (χ3v) is 5.43. The Morgan fingerprint density at radius 3 is 2.47 bits per heavy atom. The molecule has 1 amide bonds. The van der Waals surface area contributed by atoms with E-state index < -0.39 is 11.3 Å². The van der Waals surface area contributed by atoms with Gasteiger partial charge in [0.2, 0.25) is 0 Å². The van der Waals surface area contributed by atoms with Crippen LogP contribution in [-0.2, 0) is 19.7 Å². The predicted octanol–water partition coefficient (Wildman–Crippen LogP) is 3.92. The van der Waals surface area contributed by atoms with Crippen molar-refractivity contribution in [3.8, 4) is 5.69 Å². The monoisotopic (exact) mass is 407 g/mol. The van der Waals surface area contributed by atoms with Crippen molar-refractivity contribution < 1.29 is 18.7 Å². The van der Waals surface area contributed by atoms with E-state index >= 15 is 0 Å². The van der Waals surface area contributed by atoms with E-state index in [2.05, 4.69) is 10.4 Å². The summed E-state index contributed by atoms with van der Waals surface area (Å²) in [6.45, 7) is 1.40. The van der Waals surface area contributed by atoms with Crippen LogP contribution in [0.5, 0.6) is 0 Å². The smallest absolute Gasteiger partial charge is 0.317 e. The molecule has 0 atom stereocenters. The van der Waals surface area contributed by atoms with E-state index in [4.69, 9.17) is 4.74 Å². The largest absolute Gasteiger partial charge is 0.455 e. The van der Waals surface area contributed by atoms with Crippen LogP contribution in [0.3, 0.4) is 0 Å². The Labute approximate surface area is 173 Å². The number of halogens is 1. The van der Waals surface area contributed by atoms with E-state index in [0.29, 0.717) is 30.0 Å². The van der Waals surface area contributed by atoms with E-state index in [9.17, 15) is 14.0 Å². The van der Waals surface area contributed by atoms with Crippen molar-refractivity contribution in [3.63, 3.8) is 0 Å². The second-order valence-electron chi connectivity index (χ2n) is 7.49. The van der Waals surface area contributed by atoms with Crippen molar-refractivity contribution in [1.29, 1.82) is 0 Å². The molecule has 0 aliphatic heterocycles. The molecule has 1 saturated carbocycles. The number of hydrogen-bond acceptors (Lipinski definition) is 4. The minimum Gasteiger partial charge on any atom is -0.455 e. The Balaban J connectivity index is 1.42. The zero-order valence-electron chi connectivity index (χ0n) is 16.6. The first-order chi connectivity index (χ1) is 14.5. The molecule has 1 aromatic heterocycles. The molecule has 1 heterocycles. The number of benzene rings is 2. The predicted molar refractivity (Wildman–Crippen MR) is 110 cm³/mol. The number of amides is 1. The fraction of sp³-hybridized carbons (Fsp3) is 0.261. The number of esters is 1. The second kappa shape index (κ2) is 8.10. The van der Waals surface area contributed by atoms with Crippen molar-refractivity contribution >= 4 is 17.7 Å². The summed E-state index contributed by atoms with van der Waals surface area (Å²) in [5, 5.41) is 7.05. The lowest BCUT2D eigenvalue weighted by molar-refractivity contribution is -0.156. The van der Waals surface area contributed by atoms with Gasteiger partial charge in [-0.3, -0.25) is 9.59 Å². The molecule has 0 radical (unpaired) electrons. The van der Waals surface area contributed by atoms with Gasteiger partial charge in [0.1, 0.15) is 11.6 Å². The van der Waals surface area contributed by atoms with Crippen molar-refractivity contribution in [2.45, 2.75) is 31.6 Å². The number of carbonyl (C=O) groups excluding carboxylic acids is 2. The van der Waals surface area contributed by atoms with Gasteiger partial charge >= 0.3 is 5.97 Å². The standard InChI is InChI=1S/C23H22FN3O3/c1-16-14-20(27(26-16)19-10-8-18(24)9-11-19)25-21(28)15-30-22(29)23(12-5-13-23)17-6-3-2-4-7-17/h2-4,6-11,14H,5,12-13,15H2,1H3,(H,25,28). The van der Waals surface area contributed by atoms with Gasteiger partial charge in [0.25, 0.3) is 5.91 Å². The van der Waals surface area contributed by atoms with Gasteiger partial charge in [-0.15, -0.1) is 0 Å². The summed E-state index contributed by atoms with van der Waals surface area (Å²) in [5.74, 6) is -0.780. The lowest BCUT2D eigenvalue weighted by atomic mass is 9.64. The van der Waals surface area contributed by atoms with E-state index in [1.807, 2.05) is 30.3 Å². The summed E-state index contributed by atoms with van der Waals surface area (Å²) in [5.41, 5.74) is 1.55. The Kier molecular flexibility index (Phi) is 5.35. The molecule has 0 unspecified atom stereocenters. The SMILES string of the molecule is Cc1cc(NC(=O)COC(=O)C2(c3ccccc3)CCC2)n(-c2ccc(F)cc2)n1. The first kappa shape index (κ1) is 19.8. The van der Waals surface area contributed by atoms with Gasteiger partial charge in [-0.1, -0.05) is 36.8 Å². The summed E-state index contributed by atoms with van der Waals surface area (Å²) >= 11 is 0. The van der Waals surface area contributed by atoms with E-state index in [-0.39, 0.29) is 18.4 Å². The van der Waals surface area contributed by atoms with Gasteiger partial charge in [-0.05, 0) is 49.6 Å². The summed E-state index contributed by atoms with van der Waals surface area (Å²) < 4.78 is 20.1. The zero-order chi connectivity index (χ0) is 21.1. The number of anilines is 1. The normalized spacial score (nSPS) is 14.6. The highest BCUT2D eigenvalue weighted by Crippen LogP contribution is 2.44. The van der Waals surface area contributed by atoms with Gasteiger partial charge in [0, 0.05) is 6.07 Å².